The fourth-order valence-corrected chi connectivity index (χ4v) is 8.83. The number of rotatable bonds is 59. The molecule has 0 N–H and O–H groups in total. The van der Waals surface area contributed by atoms with Crippen LogP contribution in [0.2, 0.25) is 0 Å². The van der Waals surface area contributed by atoms with Crippen LogP contribution in [0.5, 0.6) is 0 Å². The predicted molar refractivity (Wildman–Crippen MR) is 352 cm³/mol. The molecule has 458 valence electrons. The number of hydrogen-bond acceptors (Lipinski definition) is 6. The van der Waals surface area contributed by atoms with Gasteiger partial charge < -0.3 is 14.2 Å². The molecule has 0 heterocycles. The highest BCUT2D eigenvalue weighted by Crippen LogP contribution is 2.15. The standard InChI is InChI=1S/C75H122O6/c1-4-7-10-13-16-19-22-25-27-29-31-33-34-35-36-37-38-39-40-42-43-45-47-50-53-56-59-62-65-68-74(77)80-71-72(70-79-73(76)67-64-61-58-55-52-49-24-21-18-15-12-9-6-3)81-75(78)69-66-63-60-57-54-51-48-46-44-41-32-30-28-26-23-20-17-14-11-8-5-2/h7,10,12,15-16,19,21,24-25,27,30-33,35-36,38-39,42-43,47,50,56,59,72H,4-6,8-9,11,13-14,17-18,20,22-23,26,28-29,34,37,40-41,44-46,48-49,51-55,57-58,60-71H2,1-3H3/b10-7-,15-12-,19-16-,24-21-,27-25-,32-30-,33-31-,36-35-,39-38-,43-42-,50-47-,59-56-. The molecule has 0 aromatic carbocycles. The first-order valence-corrected chi connectivity index (χ1v) is 33.3. The van der Waals surface area contributed by atoms with E-state index in [1.54, 1.807) is 0 Å². The second-order valence-corrected chi connectivity index (χ2v) is 21.6. The molecule has 0 aliphatic rings. The molecule has 0 saturated carbocycles. The van der Waals surface area contributed by atoms with E-state index in [4.69, 9.17) is 14.2 Å². The maximum Gasteiger partial charge on any atom is 0.306 e. The summed E-state index contributed by atoms with van der Waals surface area (Å²) in [6, 6.07) is 0. The third-order valence-electron chi connectivity index (χ3n) is 13.8. The van der Waals surface area contributed by atoms with Crippen LogP contribution < -0.4 is 0 Å². The van der Waals surface area contributed by atoms with E-state index in [-0.39, 0.29) is 37.5 Å². The van der Waals surface area contributed by atoms with Gasteiger partial charge in [0, 0.05) is 19.3 Å². The highest BCUT2D eigenvalue weighted by molar-refractivity contribution is 5.71. The zero-order valence-electron chi connectivity index (χ0n) is 52.5. The summed E-state index contributed by atoms with van der Waals surface area (Å²) in [6.45, 7) is 6.41. The third kappa shape index (κ3) is 66.0. The molecule has 0 rings (SSSR count). The van der Waals surface area contributed by atoms with Gasteiger partial charge in [0.15, 0.2) is 6.10 Å². The van der Waals surface area contributed by atoms with Gasteiger partial charge in [-0.25, -0.2) is 0 Å². The van der Waals surface area contributed by atoms with Crippen LogP contribution in [0.4, 0.5) is 0 Å². The molecule has 6 nitrogen and oxygen atoms in total. The lowest BCUT2D eigenvalue weighted by molar-refractivity contribution is -0.167. The first-order valence-electron chi connectivity index (χ1n) is 33.3. The maximum atomic E-state index is 12.9. The van der Waals surface area contributed by atoms with Gasteiger partial charge >= 0.3 is 17.9 Å². The van der Waals surface area contributed by atoms with Gasteiger partial charge in [-0.15, -0.1) is 0 Å². The van der Waals surface area contributed by atoms with E-state index in [1.807, 2.05) is 0 Å². The molecule has 0 aliphatic carbocycles. The quantitative estimate of drug-likeness (QED) is 0.0261. The summed E-state index contributed by atoms with van der Waals surface area (Å²) in [6.07, 6.45) is 97.2. The van der Waals surface area contributed by atoms with Gasteiger partial charge in [0.1, 0.15) is 13.2 Å². The topological polar surface area (TPSA) is 78.9 Å². The SMILES string of the molecule is CC/C=C\C/C=C\C/C=C\C/C=C\C/C=C\C/C=C\C/C=C\C/C=C\C/C=C\CCCC(=O)OCC(COC(=O)CCCCCCC/C=C\C/C=C\CCC)OC(=O)CCCCCCCCCCC/C=C\CCCCCCCCCC. The molecule has 0 amide bonds. The van der Waals surface area contributed by atoms with Gasteiger partial charge in [-0.05, 0) is 135 Å². The van der Waals surface area contributed by atoms with Gasteiger partial charge in [-0.1, -0.05) is 282 Å². The Hall–Kier alpha value is -4.71. The van der Waals surface area contributed by atoms with Crippen molar-refractivity contribution in [3.05, 3.63) is 146 Å². The van der Waals surface area contributed by atoms with E-state index in [0.29, 0.717) is 19.3 Å². The molecule has 0 aromatic heterocycles. The van der Waals surface area contributed by atoms with E-state index in [1.165, 1.54) is 109 Å². The number of ether oxygens (including phenoxy) is 3. The molecule has 0 fully saturated rings. The van der Waals surface area contributed by atoms with Gasteiger partial charge in [-0.2, -0.15) is 0 Å². The van der Waals surface area contributed by atoms with E-state index >= 15 is 0 Å². The smallest absolute Gasteiger partial charge is 0.306 e. The highest BCUT2D eigenvalue weighted by Gasteiger charge is 2.19. The number of allylic oxidation sites excluding steroid dienone is 24. The number of unbranched alkanes of at least 4 members (excludes halogenated alkanes) is 24. The minimum absolute atomic E-state index is 0.108. The second kappa shape index (κ2) is 67.8. The van der Waals surface area contributed by atoms with Crippen molar-refractivity contribution in [2.75, 3.05) is 13.2 Å². The summed E-state index contributed by atoms with van der Waals surface area (Å²) >= 11 is 0. The molecule has 6 heteroatoms. The minimum atomic E-state index is -0.816. The number of esters is 3. The van der Waals surface area contributed by atoms with Gasteiger partial charge in [0.05, 0.1) is 0 Å². The average molecular weight is 1120 g/mol. The summed E-state index contributed by atoms with van der Waals surface area (Å²) in [5.41, 5.74) is 0. The van der Waals surface area contributed by atoms with E-state index < -0.39 is 6.10 Å². The predicted octanol–water partition coefficient (Wildman–Crippen LogP) is 23.1. The summed E-state index contributed by atoms with van der Waals surface area (Å²) in [5.74, 6) is -0.984. The molecule has 1 atom stereocenters. The van der Waals surface area contributed by atoms with Gasteiger partial charge in [-0.3, -0.25) is 14.4 Å². The summed E-state index contributed by atoms with van der Waals surface area (Å²) in [4.78, 5) is 38.3. The van der Waals surface area contributed by atoms with Gasteiger partial charge in [0.2, 0.25) is 0 Å². The second-order valence-electron chi connectivity index (χ2n) is 21.6. The minimum Gasteiger partial charge on any atom is -0.462 e. The average Bonchev–Trinajstić information content (AvgIpc) is 3.46. The van der Waals surface area contributed by atoms with E-state index in [0.717, 1.165) is 135 Å². The summed E-state index contributed by atoms with van der Waals surface area (Å²) in [5, 5.41) is 0. The lowest BCUT2D eigenvalue weighted by atomic mass is 10.1. The Kier molecular flexibility index (Phi) is 63.9. The lowest BCUT2D eigenvalue weighted by Gasteiger charge is -2.18. The molecule has 0 radical (unpaired) electrons. The lowest BCUT2D eigenvalue weighted by Crippen LogP contribution is -2.30. The van der Waals surface area contributed by atoms with Crippen LogP contribution in [0.15, 0.2) is 146 Å². The molecule has 0 spiro atoms. The molecule has 0 saturated heterocycles. The first-order chi connectivity index (χ1) is 40.0. The Morgan fingerprint density at radius 1 is 0.259 bits per heavy atom. The number of carbonyl (C=O) groups excluding carboxylic acids is 3. The monoisotopic (exact) mass is 1120 g/mol. The van der Waals surface area contributed by atoms with Crippen LogP contribution in [0, 0.1) is 0 Å². The molecule has 0 aliphatic heterocycles. The molecular formula is C75H122O6. The van der Waals surface area contributed by atoms with Crippen molar-refractivity contribution in [1.82, 2.24) is 0 Å². The summed E-state index contributed by atoms with van der Waals surface area (Å²) < 4.78 is 16.9. The van der Waals surface area contributed by atoms with E-state index in [2.05, 4.69) is 167 Å². The zero-order chi connectivity index (χ0) is 58.5. The Labute approximate surface area is 499 Å². The van der Waals surface area contributed by atoms with Crippen LogP contribution in [-0.2, 0) is 28.6 Å². The van der Waals surface area contributed by atoms with Crippen molar-refractivity contribution in [3.8, 4) is 0 Å². The van der Waals surface area contributed by atoms with Crippen molar-refractivity contribution < 1.29 is 28.6 Å². The van der Waals surface area contributed by atoms with Crippen LogP contribution in [0.25, 0.3) is 0 Å². The van der Waals surface area contributed by atoms with Crippen LogP contribution in [0.1, 0.15) is 290 Å². The third-order valence-corrected chi connectivity index (χ3v) is 13.8. The van der Waals surface area contributed by atoms with E-state index in [9.17, 15) is 14.4 Å². The van der Waals surface area contributed by atoms with Crippen LogP contribution in [0.3, 0.4) is 0 Å². The molecule has 0 bridgehead atoms. The Balaban J connectivity index is 4.45. The van der Waals surface area contributed by atoms with Crippen molar-refractivity contribution >= 4 is 17.9 Å². The fourth-order valence-electron chi connectivity index (χ4n) is 8.83. The fraction of sp³-hybridized carbons (Fsp3) is 0.640. The number of hydrogen-bond donors (Lipinski definition) is 0. The highest BCUT2D eigenvalue weighted by atomic mass is 16.6. The van der Waals surface area contributed by atoms with Crippen molar-refractivity contribution in [1.29, 1.82) is 0 Å². The molecule has 1 unspecified atom stereocenters. The Morgan fingerprint density at radius 2 is 0.519 bits per heavy atom. The van der Waals surface area contributed by atoms with Gasteiger partial charge in [0.25, 0.3) is 0 Å². The van der Waals surface area contributed by atoms with Crippen molar-refractivity contribution in [2.24, 2.45) is 0 Å². The zero-order valence-corrected chi connectivity index (χ0v) is 52.5. The number of carbonyl (C=O) groups is 3. The van der Waals surface area contributed by atoms with Crippen molar-refractivity contribution in [2.45, 2.75) is 297 Å². The normalized spacial score (nSPS) is 13.1. The Bertz CT molecular complexity index is 1760. The molecule has 81 heavy (non-hydrogen) atoms. The summed E-state index contributed by atoms with van der Waals surface area (Å²) in [7, 11) is 0. The molecule has 0 aromatic rings. The largest absolute Gasteiger partial charge is 0.462 e. The van der Waals surface area contributed by atoms with Crippen LogP contribution in [-0.4, -0.2) is 37.2 Å². The van der Waals surface area contributed by atoms with Crippen molar-refractivity contribution in [3.63, 3.8) is 0 Å². The first kappa shape index (κ1) is 76.3. The Morgan fingerprint density at radius 3 is 0.864 bits per heavy atom. The molecular weight excluding hydrogens is 997 g/mol. The van der Waals surface area contributed by atoms with Crippen LogP contribution >= 0.6 is 0 Å². The maximum absolute atomic E-state index is 12.9.